The average Bonchev–Trinajstić information content (AvgIpc) is 2.83. The van der Waals surface area contributed by atoms with Gasteiger partial charge in [-0.15, -0.1) is 11.8 Å². The van der Waals surface area contributed by atoms with Gasteiger partial charge in [-0.3, -0.25) is 34.2 Å². The lowest BCUT2D eigenvalue weighted by Crippen LogP contribution is -2.43. The average molecular weight is 498 g/mol. The van der Waals surface area contributed by atoms with E-state index in [2.05, 4.69) is 4.98 Å². The van der Waals surface area contributed by atoms with Gasteiger partial charge in [-0.1, -0.05) is 43.7 Å². The largest absolute Gasteiger partial charge is 0.383 e. The number of hydrogen-bond donors (Lipinski definition) is 2. The number of H-pyrrole nitrogens is 1. The number of nitrogens with two attached hydrogens (primary N) is 1. The normalized spacial score (nSPS) is 11.7. The number of aromatic nitrogens is 2. The summed E-state index contributed by atoms with van der Waals surface area (Å²) in [5.41, 5.74) is 5.59. The van der Waals surface area contributed by atoms with Crippen LogP contribution in [0.15, 0.2) is 69.1 Å². The zero-order valence-corrected chi connectivity index (χ0v) is 20.3. The van der Waals surface area contributed by atoms with Crippen LogP contribution in [0.4, 0.5) is 17.2 Å². The molecule has 0 fully saturated rings. The molecule has 1 unspecified atom stereocenters. The Hall–Kier alpha value is -3.86. The van der Waals surface area contributed by atoms with Gasteiger partial charge in [-0.25, -0.2) is 4.79 Å². The fraction of sp³-hybridized carbons (Fsp3) is 0.292. The molecule has 0 bridgehead atoms. The first-order chi connectivity index (χ1) is 16.7. The van der Waals surface area contributed by atoms with E-state index in [9.17, 15) is 24.5 Å². The Morgan fingerprint density at radius 1 is 1.17 bits per heavy atom. The number of nitrogen functional groups attached to an aromatic ring is 1. The molecule has 1 atom stereocenters. The number of nitro groups is 1. The summed E-state index contributed by atoms with van der Waals surface area (Å²) in [6.45, 7) is 4.04. The molecule has 0 aliphatic rings. The molecule has 10 nitrogen and oxygen atoms in total. The van der Waals surface area contributed by atoms with Crippen LogP contribution in [0.1, 0.15) is 32.3 Å². The number of amides is 1. The molecule has 0 saturated carbocycles. The number of anilines is 2. The number of aromatic amines is 1. The van der Waals surface area contributed by atoms with E-state index in [1.165, 1.54) is 33.4 Å². The minimum Gasteiger partial charge on any atom is -0.383 e. The monoisotopic (exact) mass is 497 g/mol. The van der Waals surface area contributed by atoms with Gasteiger partial charge in [-0.05, 0) is 31.0 Å². The van der Waals surface area contributed by atoms with Crippen LogP contribution in [0, 0.1) is 10.1 Å². The van der Waals surface area contributed by atoms with Crippen LogP contribution in [0.5, 0.6) is 0 Å². The summed E-state index contributed by atoms with van der Waals surface area (Å²) in [6.07, 6.45) is 1.49. The predicted octanol–water partition coefficient (Wildman–Crippen LogP) is 3.54. The van der Waals surface area contributed by atoms with Gasteiger partial charge in [0.05, 0.1) is 16.7 Å². The number of benzene rings is 2. The number of non-ortho nitro benzene ring substituents is 1. The second kappa shape index (κ2) is 11.5. The van der Waals surface area contributed by atoms with Crippen molar-refractivity contribution in [1.29, 1.82) is 0 Å². The van der Waals surface area contributed by atoms with Gasteiger partial charge < -0.3 is 5.73 Å². The third kappa shape index (κ3) is 6.18. The standard InChI is InChI=1S/C24H27N5O5S/c1-3-4-14-27-21(25)20(22(30)26-24(27)32)28(15-17-8-6-5-7-9-17)23(31)16(2)35-19-12-10-18(11-13-19)29(33)34/h5-13,16H,3-4,14-15,25H2,1-2H3,(H,26,30,32). The van der Waals surface area contributed by atoms with Gasteiger partial charge in [-0.2, -0.15) is 0 Å². The minimum atomic E-state index is -0.739. The fourth-order valence-corrected chi connectivity index (χ4v) is 4.46. The Balaban J connectivity index is 2.00. The van der Waals surface area contributed by atoms with E-state index in [0.717, 1.165) is 12.0 Å². The van der Waals surface area contributed by atoms with Crippen LogP contribution in [0.25, 0.3) is 0 Å². The van der Waals surface area contributed by atoms with Crippen LogP contribution in [0.2, 0.25) is 0 Å². The summed E-state index contributed by atoms with van der Waals surface area (Å²) in [4.78, 5) is 53.6. The maximum atomic E-state index is 13.6. The first-order valence-electron chi connectivity index (χ1n) is 11.1. The zero-order chi connectivity index (χ0) is 25.5. The number of nitrogens with zero attached hydrogens (tertiary/aromatic N) is 3. The molecule has 0 radical (unpaired) electrons. The van der Waals surface area contributed by atoms with Crippen molar-refractivity contribution in [2.45, 2.75) is 49.9 Å². The summed E-state index contributed by atoms with van der Waals surface area (Å²) in [7, 11) is 0. The lowest BCUT2D eigenvalue weighted by molar-refractivity contribution is -0.384. The molecule has 2 aromatic carbocycles. The first-order valence-corrected chi connectivity index (χ1v) is 12.0. The highest BCUT2D eigenvalue weighted by molar-refractivity contribution is 8.00. The zero-order valence-electron chi connectivity index (χ0n) is 19.5. The number of carbonyl (C=O) groups excluding carboxylic acids is 1. The van der Waals surface area contributed by atoms with Gasteiger partial charge in [0.2, 0.25) is 5.91 Å². The highest BCUT2D eigenvalue weighted by Crippen LogP contribution is 2.29. The van der Waals surface area contributed by atoms with Gasteiger partial charge >= 0.3 is 5.69 Å². The van der Waals surface area contributed by atoms with Crippen LogP contribution in [-0.4, -0.2) is 25.6 Å². The van der Waals surface area contributed by atoms with Crippen LogP contribution >= 0.6 is 11.8 Å². The molecule has 1 amide bonds. The topological polar surface area (TPSA) is 144 Å². The van der Waals surface area contributed by atoms with Crippen molar-refractivity contribution >= 4 is 34.9 Å². The molecule has 3 N–H and O–H groups in total. The minimum absolute atomic E-state index is 0.0484. The Bertz CT molecular complexity index is 1300. The number of thioether (sulfide) groups is 1. The first kappa shape index (κ1) is 25.8. The van der Waals surface area contributed by atoms with Crippen molar-refractivity contribution < 1.29 is 9.72 Å². The Morgan fingerprint density at radius 3 is 2.43 bits per heavy atom. The molecule has 184 valence electrons. The van der Waals surface area contributed by atoms with Crippen LogP contribution in [-0.2, 0) is 17.9 Å². The van der Waals surface area contributed by atoms with E-state index in [-0.39, 0.29) is 23.7 Å². The highest BCUT2D eigenvalue weighted by Gasteiger charge is 2.28. The Kier molecular flexibility index (Phi) is 8.48. The lowest BCUT2D eigenvalue weighted by Gasteiger charge is -2.27. The van der Waals surface area contributed by atoms with Crippen molar-refractivity contribution in [2.75, 3.05) is 10.6 Å². The lowest BCUT2D eigenvalue weighted by atomic mass is 10.2. The number of hydrogen-bond acceptors (Lipinski definition) is 7. The molecule has 3 rings (SSSR count). The number of carbonyl (C=O) groups is 1. The summed E-state index contributed by atoms with van der Waals surface area (Å²) < 4.78 is 1.28. The second-order valence-corrected chi connectivity index (χ2v) is 9.33. The Labute approximate surface area is 205 Å². The van der Waals surface area contributed by atoms with E-state index < -0.39 is 27.3 Å². The van der Waals surface area contributed by atoms with Gasteiger partial charge in [0.1, 0.15) is 5.82 Å². The number of nitrogens with one attached hydrogen (secondary N) is 1. The summed E-state index contributed by atoms with van der Waals surface area (Å²) in [5, 5.41) is 10.3. The molecule has 0 saturated heterocycles. The van der Waals surface area contributed by atoms with Crippen molar-refractivity contribution in [1.82, 2.24) is 9.55 Å². The van der Waals surface area contributed by atoms with E-state index in [1.54, 1.807) is 19.1 Å². The maximum Gasteiger partial charge on any atom is 0.330 e. The van der Waals surface area contributed by atoms with E-state index in [0.29, 0.717) is 17.9 Å². The molecular weight excluding hydrogens is 470 g/mol. The highest BCUT2D eigenvalue weighted by atomic mass is 32.2. The third-order valence-electron chi connectivity index (χ3n) is 5.38. The molecule has 1 heterocycles. The second-order valence-electron chi connectivity index (χ2n) is 7.92. The quantitative estimate of drug-likeness (QED) is 0.248. The SMILES string of the molecule is CCCCn1c(N)c(N(Cc2ccccc2)C(=O)C(C)Sc2ccc([N+](=O)[O-])cc2)c(=O)[nH]c1=O. The van der Waals surface area contributed by atoms with Gasteiger partial charge in [0.25, 0.3) is 11.2 Å². The molecule has 35 heavy (non-hydrogen) atoms. The summed E-state index contributed by atoms with van der Waals surface area (Å²) in [5.74, 6) is -0.459. The third-order valence-corrected chi connectivity index (χ3v) is 6.48. The molecule has 11 heteroatoms. The van der Waals surface area contributed by atoms with Crippen LogP contribution in [0.3, 0.4) is 0 Å². The number of unbranched alkanes of at least 4 members (excludes halogenated alkanes) is 1. The van der Waals surface area contributed by atoms with Crippen LogP contribution < -0.4 is 21.9 Å². The molecular formula is C24H27N5O5S. The van der Waals surface area contributed by atoms with Gasteiger partial charge in [0, 0.05) is 23.6 Å². The summed E-state index contributed by atoms with van der Waals surface area (Å²) >= 11 is 1.20. The molecule has 0 aliphatic heterocycles. The molecule has 0 aliphatic carbocycles. The van der Waals surface area contributed by atoms with Crippen molar-refractivity contribution in [3.05, 3.63) is 91.1 Å². The van der Waals surface area contributed by atoms with Crippen molar-refractivity contribution in [3.8, 4) is 0 Å². The number of nitro benzene ring substituents is 1. The van der Waals surface area contributed by atoms with Gasteiger partial charge in [0.15, 0.2) is 5.69 Å². The smallest absolute Gasteiger partial charge is 0.330 e. The van der Waals surface area contributed by atoms with Crippen molar-refractivity contribution in [3.63, 3.8) is 0 Å². The van der Waals surface area contributed by atoms with Crippen molar-refractivity contribution in [2.24, 2.45) is 0 Å². The number of rotatable bonds is 10. The molecule has 0 spiro atoms. The van der Waals surface area contributed by atoms with E-state index in [4.69, 9.17) is 5.73 Å². The predicted molar refractivity (Wildman–Crippen MR) is 137 cm³/mol. The fourth-order valence-electron chi connectivity index (χ4n) is 3.53. The summed E-state index contributed by atoms with van der Waals surface area (Å²) in [6, 6.07) is 15.0. The molecule has 3 aromatic rings. The molecule has 1 aromatic heterocycles. The van der Waals surface area contributed by atoms with E-state index in [1.807, 2.05) is 37.3 Å². The Morgan fingerprint density at radius 2 is 1.83 bits per heavy atom. The van der Waals surface area contributed by atoms with E-state index >= 15 is 0 Å². The maximum absolute atomic E-state index is 13.6.